The van der Waals surface area contributed by atoms with Crippen LogP contribution in [-0.2, 0) is 12.8 Å². The highest BCUT2D eigenvalue weighted by molar-refractivity contribution is 6.13. The van der Waals surface area contributed by atoms with Crippen molar-refractivity contribution in [3.63, 3.8) is 0 Å². The van der Waals surface area contributed by atoms with Crippen molar-refractivity contribution in [2.24, 2.45) is 0 Å². The molecule has 0 saturated heterocycles. The molecule has 0 unspecified atom stereocenters. The third kappa shape index (κ3) is 3.09. The molecule has 0 radical (unpaired) electrons. The zero-order valence-corrected chi connectivity index (χ0v) is 13.0. The fourth-order valence-corrected chi connectivity index (χ4v) is 2.88. The minimum Gasteiger partial charge on any atom is -0.478 e. The number of benzene rings is 2. The van der Waals surface area contributed by atoms with Gasteiger partial charge in [-0.1, -0.05) is 37.3 Å². The molecule has 23 heavy (non-hydrogen) atoms. The van der Waals surface area contributed by atoms with Crippen molar-refractivity contribution < 1.29 is 14.7 Å². The van der Waals surface area contributed by atoms with E-state index in [4.69, 9.17) is 5.11 Å². The van der Waals surface area contributed by atoms with Crippen molar-refractivity contribution in [1.82, 2.24) is 0 Å². The molecule has 116 valence electrons. The number of aromatic carboxylic acids is 1. The lowest BCUT2D eigenvalue weighted by molar-refractivity contribution is 0.0697. The first-order valence-electron chi connectivity index (χ1n) is 7.79. The molecule has 1 aliphatic rings. The Morgan fingerprint density at radius 2 is 1.87 bits per heavy atom. The molecule has 0 fully saturated rings. The molecule has 1 aliphatic carbocycles. The molecule has 0 heterocycles. The maximum atomic E-state index is 12.7. The predicted octanol–water partition coefficient (Wildman–Crippen LogP) is 4.16. The maximum absolute atomic E-state index is 12.7. The van der Waals surface area contributed by atoms with E-state index in [-0.39, 0.29) is 11.3 Å². The zero-order valence-electron chi connectivity index (χ0n) is 13.0. The van der Waals surface area contributed by atoms with E-state index in [9.17, 15) is 9.59 Å². The molecule has 0 saturated carbocycles. The van der Waals surface area contributed by atoms with Crippen LogP contribution in [0.15, 0.2) is 48.0 Å². The molecule has 2 aromatic carbocycles. The molecule has 3 nitrogen and oxygen atoms in total. The molecule has 0 aromatic heterocycles. The van der Waals surface area contributed by atoms with Gasteiger partial charge in [-0.05, 0) is 54.2 Å². The highest BCUT2D eigenvalue weighted by Crippen LogP contribution is 2.27. The van der Waals surface area contributed by atoms with Crippen LogP contribution in [-0.4, -0.2) is 16.9 Å². The van der Waals surface area contributed by atoms with Gasteiger partial charge in [0.2, 0.25) is 0 Å². The van der Waals surface area contributed by atoms with E-state index in [0.717, 1.165) is 29.5 Å². The number of rotatable bonds is 3. The second-order valence-corrected chi connectivity index (χ2v) is 5.77. The van der Waals surface area contributed by atoms with Gasteiger partial charge >= 0.3 is 5.97 Å². The van der Waals surface area contributed by atoms with Gasteiger partial charge in [0.05, 0.1) is 5.56 Å². The Bertz CT molecular complexity index is 798. The number of carbonyl (C=O) groups is 2. The lowest BCUT2D eigenvalue weighted by Gasteiger charge is -2.18. The van der Waals surface area contributed by atoms with Gasteiger partial charge in [0.15, 0.2) is 5.78 Å². The lowest BCUT2D eigenvalue weighted by atomic mass is 9.85. The van der Waals surface area contributed by atoms with Crippen molar-refractivity contribution in [2.45, 2.75) is 26.2 Å². The van der Waals surface area contributed by atoms with E-state index >= 15 is 0 Å². The van der Waals surface area contributed by atoms with E-state index in [1.54, 1.807) is 12.1 Å². The van der Waals surface area contributed by atoms with Crippen LogP contribution < -0.4 is 0 Å². The largest absolute Gasteiger partial charge is 0.478 e. The first-order chi connectivity index (χ1) is 11.1. The highest BCUT2D eigenvalue weighted by atomic mass is 16.4. The van der Waals surface area contributed by atoms with E-state index in [2.05, 4.69) is 19.1 Å². The first kappa shape index (κ1) is 15.2. The van der Waals surface area contributed by atoms with Gasteiger partial charge in [0, 0.05) is 11.1 Å². The summed E-state index contributed by atoms with van der Waals surface area (Å²) in [5.74, 6) is -1.07. The number of hydrogen-bond acceptors (Lipinski definition) is 2. The second-order valence-electron chi connectivity index (χ2n) is 5.77. The third-order valence-corrected chi connectivity index (χ3v) is 4.29. The minimum absolute atomic E-state index is 0.0612. The number of carbonyl (C=O) groups excluding carboxylic acids is 1. The molecule has 3 rings (SSSR count). The summed E-state index contributed by atoms with van der Waals surface area (Å²) >= 11 is 0. The number of fused-ring (bicyclic) bond motifs is 1. The van der Waals surface area contributed by atoms with Crippen molar-refractivity contribution in [3.05, 3.63) is 75.9 Å². The summed E-state index contributed by atoms with van der Waals surface area (Å²) in [6, 6.07) is 13.0. The Morgan fingerprint density at radius 3 is 2.52 bits per heavy atom. The molecule has 0 aliphatic heterocycles. The topological polar surface area (TPSA) is 54.4 Å². The third-order valence-electron chi connectivity index (χ3n) is 4.29. The van der Waals surface area contributed by atoms with Crippen LogP contribution in [0.3, 0.4) is 0 Å². The van der Waals surface area contributed by atoms with E-state index in [0.29, 0.717) is 12.0 Å². The molecule has 0 atom stereocenters. The Balaban J connectivity index is 1.94. The van der Waals surface area contributed by atoms with Crippen LogP contribution >= 0.6 is 0 Å². The fraction of sp³-hybridized carbons (Fsp3) is 0.200. The van der Waals surface area contributed by atoms with Gasteiger partial charge in [-0.3, -0.25) is 4.79 Å². The molecule has 1 N–H and O–H groups in total. The Labute approximate surface area is 135 Å². The van der Waals surface area contributed by atoms with Gasteiger partial charge < -0.3 is 5.11 Å². The van der Waals surface area contributed by atoms with Crippen LogP contribution in [0.25, 0.3) is 6.08 Å². The number of Topliss-reactive ketones (excluding diaryl/α,β-unsaturated/α-hetero) is 1. The van der Waals surface area contributed by atoms with E-state index in [1.807, 2.05) is 18.2 Å². The van der Waals surface area contributed by atoms with Gasteiger partial charge in [-0.25, -0.2) is 4.79 Å². The van der Waals surface area contributed by atoms with Crippen LogP contribution in [0, 0.1) is 0 Å². The number of carboxylic acid groups (broad SMARTS) is 1. The van der Waals surface area contributed by atoms with Crippen molar-refractivity contribution in [2.75, 3.05) is 0 Å². The fourth-order valence-electron chi connectivity index (χ4n) is 2.88. The monoisotopic (exact) mass is 306 g/mol. The predicted molar refractivity (Wildman–Crippen MR) is 89.8 cm³/mol. The Morgan fingerprint density at radius 1 is 1.13 bits per heavy atom. The summed E-state index contributed by atoms with van der Waals surface area (Å²) in [6.07, 6.45) is 4.35. The molecular weight excluding hydrogens is 288 g/mol. The Kier molecular flexibility index (Phi) is 4.11. The van der Waals surface area contributed by atoms with Gasteiger partial charge in [0.1, 0.15) is 0 Å². The highest BCUT2D eigenvalue weighted by Gasteiger charge is 2.23. The minimum atomic E-state index is -1.01. The van der Waals surface area contributed by atoms with Gasteiger partial charge in [-0.15, -0.1) is 0 Å². The number of carboxylic acids is 1. The smallest absolute Gasteiger partial charge is 0.335 e. The van der Waals surface area contributed by atoms with Crippen molar-refractivity contribution in [3.8, 4) is 0 Å². The summed E-state index contributed by atoms with van der Waals surface area (Å²) in [5, 5.41) is 9.10. The van der Waals surface area contributed by atoms with Gasteiger partial charge in [-0.2, -0.15) is 0 Å². The maximum Gasteiger partial charge on any atom is 0.335 e. The molecule has 0 amide bonds. The van der Waals surface area contributed by atoms with Crippen LogP contribution in [0.5, 0.6) is 0 Å². The van der Waals surface area contributed by atoms with Crippen LogP contribution in [0.4, 0.5) is 0 Å². The van der Waals surface area contributed by atoms with E-state index < -0.39 is 5.97 Å². The van der Waals surface area contributed by atoms with Crippen molar-refractivity contribution in [1.29, 1.82) is 0 Å². The normalized spacial score (nSPS) is 15.5. The number of ketones is 1. The van der Waals surface area contributed by atoms with Crippen LogP contribution in [0.1, 0.15) is 50.8 Å². The molecular formula is C20H18O3. The summed E-state index contributed by atoms with van der Waals surface area (Å²) < 4.78 is 0. The summed E-state index contributed by atoms with van der Waals surface area (Å²) in [6.45, 7) is 2.11. The molecule has 0 spiro atoms. The molecule has 2 aromatic rings. The van der Waals surface area contributed by atoms with Crippen LogP contribution in [0.2, 0.25) is 0 Å². The second kappa shape index (κ2) is 6.21. The standard InChI is InChI=1S/C20H18O3/c1-2-13-3-5-14(6-4-13)11-16-9-7-15-8-10-17(20(22)23)12-18(15)19(16)21/h3-6,8,10-12H,2,7,9H2,1H3,(H,22,23)/b16-11+. The molecule has 0 bridgehead atoms. The summed E-state index contributed by atoms with van der Waals surface area (Å²) in [4.78, 5) is 23.8. The SMILES string of the molecule is CCc1ccc(/C=C2\CCc3ccc(C(=O)O)cc3C2=O)cc1. The Hall–Kier alpha value is -2.68. The number of aryl methyl sites for hydroxylation is 2. The average Bonchev–Trinajstić information content (AvgIpc) is 2.58. The summed E-state index contributed by atoms with van der Waals surface area (Å²) in [5.41, 5.74) is 4.61. The lowest BCUT2D eigenvalue weighted by Crippen LogP contribution is -2.15. The number of allylic oxidation sites excluding steroid dienone is 1. The van der Waals surface area contributed by atoms with E-state index in [1.165, 1.54) is 11.6 Å². The molecule has 3 heteroatoms. The summed E-state index contributed by atoms with van der Waals surface area (Å²) in [7, 11) is 0. The van der Waals surface area contributed by atoms with Gasteiger partial charge in [0.25, 0.3) is 0 Å². The average molecular weight is 306 g/mol. The number of hydrogen-bond donors (Lipinski definition) is 1. The first-order valence-corrected chi connectivity index (χ1v) is 7.79. The zero-order chi connectivity index (χ0) is 16.4. The van der Waals surface area contributed by atoms with Crippen molar-refractivity contribution >= 4 is 17.8 Å². The quantitative estimate of drug-likeness (QED) is 0.866.